The number of halogens is 1. The largest absolute Gasteiger partial charge is 0.480 e. The Hall–Kier alpha value is -2.49. The Kier molecular flexibility index (Phi) is 7.72. The van der Waals surface area contributed by atoms with Gasteiger partial charge in [0.05, 0.1) is 23.2 Å². The smallest absolute Gasteiger partial charge is 0.320 e. The number of sulfonamides is 1. The third kappa shape index (κ3) is 5.99. The van der Waals surface area contributed by atoms with Gasteiger partial charge in [0.1, 0.15) is 11.9 Å². The van der Waals surface area contributed by atoms with Crippen LogP contribution in [0.15, 0.2) is 53.4 Å². The Labute approximate surface area is 169 Å². The monoisotopic (exact) mass is 424 g/mol. The number of carboxylic acids is 1. The molecular formula is C20H25FN2O5S. The van der Waals surface area contributed by atoms with E-state index in [1.54, 1.807) is 19.1 Å². The molecular weight excluding hydrogens is 399 g/mol. The van der Waals surface area contributed by atoms with E-state index >= 15 is 0 Å². The number of aliphatic carboxylic acids is 1. The molecule has 0 radical (unpaired) electrons. The summed E-state index contributed by atoms with van der Waals surface area (Å²) in [6, 6.07) is 10.3. The van der Waals surface area contributed by atoms with Crippen LogP contribution in [0.2, 0.25) is 0 Å². The molecule has 0 amide bonds. The molecule has 9 heteroatoms. The van der Waals surface area contributed by atoms with E-state index < -0.39 is 34.0 Å². The highest BCUT2D eigenvalue weighted by Gasteiger charge is 2.28. The summed E-state index contributed by atoms with van der Waals surface area (Å²) < 4.78 is 40.7. The number of aryl methyl sites for hydroxylation is 1. The van der Waals surface area contributed by atoms with E-state index in [2.05, 4.69) is 5.32 Å². The van der Waals surface area contributed by atoms with Crippen molar-refractivity contribution in [1.29, 1.82) is 0 Å². The van der Waals surface area contributed by atoms with Gasteiger partial charge >= 0.3 is 5.97 Å². The highest BCUT2D eigenvalue weighted by atomic mass is 32.2. The zero-order valence-corrected chi connectivity index (χ0v) is 17.1. The second-order valence-corrected chi connectivity index (χ2v) is 8.55. The zero-order valence-electron chi connectivity index (χ0n) is 16.2. The highest BCUT2D eigenvalue weighted by molar-refractivity contribution is 7.92. The number of carbonyl (C=O) groups is 1. The fraction of sp³-hybridized carbons (Fsp3) is 0.350. The lowest BCUT2D eigenvalue weighted by atomic mass is 10.2. The molecule has 2 rings (SSSR count). The molecule has 0 heterocycles. The summed E-state index contributed by atoms with van der Waals surface area (Å²) in [4.78, 5) is 11.1. The molecule has 3 N–H and O–H groups in total. The first-order valence-electron chi connectivity index (χ1n) is 9.14. The number of anilines is 1. The van der Waals surface area contributed by atoms with Crippen LogP contribution in [0.25, 0.3) is 0 Å². The lowest BCUT2D eigenvalue weighted by Gasteiger charge is -2.27. The minimum Gasteiger partial charge on any atom is -0.480 e. The predicted molar refractivity (Wildman–Crippen MR) is 108 cm³/mol. The van der Waals surface area contributed by atoms with Gasteiger partial charge in [-0.15, -0.1) is 0 Å². The summed E-state index contributed by atoms with van der Waals surface area (Å²) in [6.45, 7) is 3.07. The summed E-state index contributed by atoms with van der Waals surface area (Å²) in [7, 11) is -4.03. The van der Waals surface area contributed by atoms with Gasteiger partial charge in [0.2, 0.25) is 0 Å². The van der Waals surface area contributed by atoms with Crippen LogP contribution >= 0.6 is 0 Å². The van der Waals surface area contributed by atoms with E-state index in [0.29, 0.717) is 6.42 Å². The first-order valence-corrected chi connectivity index (χ1v) is 10.6. The number of hydrogen-bond donors (Lipinski definition) is 3. The van der Waals surface area contributed by atoms with Crippen molar-refractivity contribution >= 4 is 21.7 Å². The first-order chi connectivity index (χ1) is 13.6. The van der Waals surface area contributed by atoms with Gasteiger partial charge in [-0.05, 0) is 49.7 Å². The maximum atomic E-state index is 13.3. The normalized spacial score (nSPS) is 13.7. The van der Waals surface area contributed by atoms with Crippen LogP contribution in [0, 0.1) is 12.7 Å². The summed E-state index contributed by atoms with van der Waals surface area (Å²) in [5.41, 5.74) is 1.08. The van der Waals surface area contributed by atoms with Crippen LogP contribution in [0.4, 0.5) is 10.1 Å². The third-order valence-electron chi connectivity index (χ3n) is 4.41. The molecule has 0 aliphatic heterocycles. The predicted octanol–water partition coefficient (Wildman–Crippen LogP) is 2.14. The van der Waals surface area contributed by atoms with Gasteiger partial charge in [-0.2, -0.15) is 0 Å². The van der Waals surface area contributed by atoms with Crippen molar-refractivity contribution in [3.8, 4) is 0 Å². The first kappa shape index (κ1) is 22.8. The minimum atomic E-state index is -4.03. The molecule has 2 aromatic rings. The van der Waals surface area contributed by atoms with Crippen molar-refractivity contribution in [2.75, 3.05) is 17.4 Å². The standard InChI is InChI=1S/C20H25FN2O5S/c1-3-19(20(25)26)22-12-17(24)13-23(16-8-6-15(21)7-9-16)29(27,28)18-10-4-14(2)5-11-18/h4-11,17,19,22,24H,3,12-13H2,1-2H3,(H,25,26)/t17-,19-/m1/s1. The lowest BCUT2D eigenvalue weighted by molar-refractivity contribution is -0.139. The topological polar surface area (TPSA) is 107 Å². The van der Waals surface area contributed by atoms with Crippen molar-refractivity contribution in [1.82, 2.24) is 5.32 Å². The van der Waals surface area contributed by atoms with Crippen molar-refractivity contribution in [3.63, 3.8) is 0 Å². The number of nitrogens with zero attached hydrogens (tertiary/aromatic N) is 1. The van der Waals surface area contributed by atoms with E-state index in [-0.39, 0.29) is 23.7 Å². The molecule has 2 aromatic carbocycles. The Morgan fingerprint density at radius 1 is 1.14 bits per heavy atom. The van der Waals surface area contributed by atoms with Crippen LogP contribution in [0.3, 0.4) is 0 Å². The molecule has 0 aromatic heterocycles. The molecule has 158 valence electrons. The summed E-state index contributed by atoms with van der Waals surface area (Å²) in [5.74, 6) is -1.57. The molecule has 2 atom stereocenters. The highest BCUT2D eigenvalue weighted by Crippen LogP contribution is 2.24. The van der Waals surface area contributed by atoms with Gasteiger partial charge in [-0.3, -0.25) is 9.10 Å². The fourth-order valence-corrected chi connectivity index (χ4v) is 4.23. The number of hydrogen-bond acceptors (Lipinski definition) is 5. The second kappa shape index (κ2) is 9.82. The Balaban J connectivity index is 2.29. The van der Waals surface area contributed by atoms with Gasteiger partial charge in [0, 0.05) is 6.54 Å². The van der Waals surface area contributed by atoms with Gasteiger partial charge in [-0.25, -0.2) is 12.8 Å². The molecule has 0 spiro atoms. The third-order valence-corrected chi connectivity index (χ3v) is 6.21. The summed E-state index contributed by atoms with van der Waals surface area (Å²) in [5, 5.41) is 22.2. The molecule has 0 bridgehead atoms. The number of aliphatic hydroxyl groups is 1. The van der Waals surface area contributed by atoms with Crippen molar-refractivity contribution in [3.05, 3.63) is 59.9 Å². The van der Waals surface area contributed by atoms with E-state index in [0.717, 1.165) is 22.0 Å². The van der Waals surface area contributed by atoms with Gasteiger partial charge in [0.25, 0.3) is 10.0 Å². The molecule has 0 fully saturated rings. The average molecular weight is 424 g/mol. The zero-order chi connectivity index (χ0) is 21.6. The van der Waals surface area contributed by atoms with Crippen molar-refractivity contribution in [2.45, 2.75) is 37.3 Å². The van der Waals surface area contributed by atoms with E-state index in [4.69, 9.17) is 5.11 Å². The summed E-state index contributed by atoms with van der Waals surface area (Å²) >= 11 is 0. The van der Waals surface area contributed by atoms with E-state index in [9.17, 15) is 22.7 Å². The Morgan fingerprint density at radius 2 is 1.72 bits per heavy atom. The molecule has 0 aliphatic carbocycles. The minimum absolute atomic E-state index is 0.0320. The lowest BCUT2D eigenvalue weighted by Crippen LogP contribution is -2.45. The number of rotatable bonds is 10. The molecule has 7 nitrogen and oxygen atoms in total. The Bertz CT molecular complexity index is 917. The fourth-order valence-electron chi connectivity index (χ4n) is 2.73. The van der Waals surface area contributed by atoms with Crippen LogP contribution in [0.1, 0.15) is 18.9 Å². The summed E-state index contributed by atoms with van der Waals surface area (Å²) in [6.07, 6.45) is -0.876. The van der Waals surface area contributed by atoms with Crippen molar-refractivity contribution < 1.29 is 27.8 Å². The molecule has 0 aliphatic rings. The van der Waals surface area contributed by atoms with E-state index in [1.807, 2.05) is 6.92 Å². The van der Waals surface area contributed by atoms with Crippen LogP contribution < -0.4 is 9.62 Å². The molecule has 29 heavy (non-hydrogen) atoms. The maximum Gasteiger partial charge on any atom is 0.320 e. The van der Waals surface area contributed by atoms with Crippen LogP contribution in [-0.4, -0.2) is 49.8 Å². The van der Waals surface area contributed by atoms with Gasteiger partial charge in [-0.1, -0.05) is 24.6 Å². The van der Waals surface area contributed by atoms with Crippen molar-refractivity contribution in [2.24, 2.45) is 0 Å². The van der Waals surface area contributed by atoms with E-state index in [1.165, 1.54) is 24.3 Å². The number of carboxylic acid groups (broad SMARTS) is 1. The second-order valence-electron chi connectivity index (χ2n) is 6.69. The number of benzene rings is 2. The average Bonchev–Trinajstić information content (AvgIpc) is 2.67. The molecule has 0 saturated heterocycles. The van der Waals surface area contributed by atoms with Gasteiger partial charge in [0.15, 0.2) is 0 Å². The number of aliphatic hydroxyl groups excluding tert-OH is 1. The number of nitrogens with one attached hydrogen (secondary N) is 1. The quantitative estimate of drug-likeness (QED) is 0.540. The van der Waals surface area contributed by atoms with Gasteiger partial charge < -0.3 is 15.5 Å². The molecule has 0 saturated carbocycles. The maximum absolute atomic E-state index is 13.3. The Morgan fingerprint density at radius 3 is 2.24 bits per heavy atom. The SMILES string of the molecule is CC[C@@H](NC[C@@H](O)CN(c1ccc(F)cc1)S(=O)(=O)c1ccc(C)cc1)C(=O)O. The van der Waals surface area contributed by atoms with Crippen LogP contribution in [0.5, 0.6) is 0 Å². The van der Waals surface area contributed by atoms with Crippen LogP contribution in [-0.2, 0) is 14.8 Å². The molecule has 0 unspecified atom stereocenters.